The molecule has 0 N–H and O–H groups in total. The third-order valence-corrected chi connectivity index (χ3v) is 3.59. The van der Waals surface area contributed by atoms with E-state index in [2.05, 4.69) is 10.8 Å². The van der Waals surface area contributed by atoms with Crippen molar-refractivity contribution < 1.29 is 25.8 Å². The highest BCUT2D eigenvalue weighted by Crippen LogP contribution is 2.31. The number of alkyl halides is 3. The van der Waals surface area contributed by atoms with Crippen LogP contribution >= 0.6 is 11.6 Å². The molecule has 3 nitrogen and oxygen atoms in total. The summed E-state index contributed by atoms with van der Waals surface area (Å²) in [5, 5.41) is -0.209. The first-order chi connectivity index (χ1) is 8.63. The van der Waals surface area contributed by atoms with Gasteiger partial charge in [-0.3, -0.25) is 0 Å². The van der Waals surface area contributed by atoms with Crippen molar-refractivity contribution in [3.8, 4) is 0 Å². The summed E-state index contributed by atoms with van der Waals surface area (Å²) in [6, 6.07) is 0. The van der Waals surface area contributed by atoms with Crippen LogP contribution in [-0.2, 0) is 14.3 Å². The Hall–Kier alpha value is -0.950. The number of hydrogen-bond acceptors (Lipinski definition) is 3. The van der Waals surface area contributed by atoms with Crippen molar-refractivity contribution in [3.63, 3.8) is 0 Å². The standard InChI is InChI=1S/C11H12ClF3O3S/c1-8-5-3-2-4-6-10(9(12)7-8)18-19(16,17)11(13,14)15/h6-7H,1-5H2/b9-7+,10-6+. The van der Waals surface area contributed by atoms with Gasteiger partial charge < -0.3 is 4.18 Å². The molecule has 0 aromatic heterocycles. The molecule has 0 atom stereocenters. The quantitative estimate of drug-likeness (QED) is 0.571. The van der Waals surface area contributed by atoms with Crippen molar-refractivity contribution in [2.45, 2.75) is 31.2 Å². The zero-order chi connectivity index (χ0) is 14.7. The predicted octanol–water partition coefficient (Wildman–Crippen LogP) is 3.99. The lowest BCUT2D eigenvalue weighted by molar-refractivity contribution is -0.0520. The predicted molar refractivity (Wildman–Crippen MR) is 65.7 cm³/mol. The lowest BCUT2D eigenvalue weighted by atomic mass is 10.1. The molecule has 0 radical (unpaired) electrons. The van der Waals surface area contributed by atoms with Crippen molar-refractivity contribution in [1.82, 2.24) is 0 Å². The number of halogens is 4. The van der Waals surface area contributed by atoms with E-state index in [-0.39, 0.29) is 5.03 Å². The molecule has 0 aromatic carbocycles. The van der Waals surface area contributed by atoms with Crippen LogP contribution in [0.4, 0.5) is 13.2 Å². The Labute approximate surface area is 114 Å². The summed E-state index contributed by atoms with van der Waals surface area (Å²) in [6.07, 6.45) is 5.03. The van der Waals surface area contributed by atoms with Gasteiger partial charge in [0.05, 0.1) is 5.03 Å². The van der Waals surface area contributed by atoms with Crippen LogP contribution in [0.3, 0.4) is 0 Å². The summed E-state index contributed by atoms with van der Waals surface area (Å²) in [5.74, 6) is -0.512. The van der Waals surface area contributed by atoms with Crippen LogP contribution in [0, 0.1) is 0 Å². The van der Waals surface area contributed by atoms with Gasteiger partial charge in [-0.15, -0.1) is 0 Å². The fourth-order valence-electron chi connectivity index (χ4n) is 1.39. The maximum absolute atomic E-state index is 12.2. The van der Waals surface area contributed by atoms with E-state index in [1.807, 2.05) is 0 Å². The minimum Gasteiger partial charge on any atom is -0.375 e. The van der Waals surface area contributed by atoms with Gasteiger partial charge in [-0.2, -0.15) is 21.6 Å². The Morgan fingerprint density at radius 2 is 1.95 bits per heavy atom. The molecule has 0 aromatic rings. The summed E-state index contributed by atoms with van der Waals surface area (Å²) in [5.41, 5.74) is -4.88. The molecule has 0 heterocycles. The molecule has 0 unspecified atom stereocenters. The summed E-state index contributed by atoms with van der Waals surface area (Å²) >= 11 is 5.76. The van der Waals surface area contributed by atoms with Gasteiger partial charge in [-0.1, -0.05) is 23.8 Å². The van der Waals surface area contributed by atoms with E-state index in [0.29, 0.717) is 24.8 Å². The molecule has 0 saturated heterocycles. The first-order valence-corrected chi connectivity index (χ1v) is 7.18. The number of allylic oxidation sites excluding steroid dienone is 4. The van der Waals surface area contributed by atoms with Crippen molar-refractivity contribution in [3.05, 3.63) is 35.1 Å². The molecule has 0 fully saturated rings. The summed E-state index contributed by atoms with van der Waals surface area (Å²) < 4.78 is 62.6. The molecular formula is C11H12ClF3O3S. The second-order valence-corrected chi connectivity index (χ2v) is 5.89. The number of hydrogen-bond donors (Lipinski definition) is 0. The average molecular weight is 317 g/mol. The maximum atomic E-state index is 12.2. The van der Waals surface area contributed by atoms with Crippen LogP contribution in [0.2, 0.25) is 0 Å². The first-order valence-electron chi connectivity index (χ1n) is 5.40. The molecule has 0 aliphatic heterocycles. The largest absolute Gasteiger partial charge is 0.534 e. The van der Waals surface area contributed by atoms with Gasteiger partial charge in [0.25, 0.3) is 0 Å². The Balaban J connectivity index is 3.05. The molecule has 1 aliphatic rings. The van der Waals surface area contributed by atoms with Crippen LogP contribution in [0.15, 0.2) is 35.1 Å². The van der Waals surface area contributed by atoms with Gasteiger partial charge >= 0.3 is 15.6 Å². The Bertz CT molecular complexity index is 518. The monoisotopic (exact) mass is 316 g/mol. The molecule has 0 bridgehead atoms. The van der Waals surface area contributed by atoms with Crippen molar-refractivity contribution >= 4 is 21.7 Å². The van der Waals surface area contributed by atoms with E-state index in [9.17, 15) is 21.6 Å². The Kier molecular flexibility index (Phi) is 5.09. The van der Waals surface area contributed by atoms with E-state index in [1.54, 1.807) is 0 Å². The van der Waals surface area contributed by atoms with Gasteiger partial charge in [-0.25, -0.2) is 0 Å². The molecule has 0 amide bonds. The first kappa shape index (κ1) is 16.1. The van der Waals surface area contributed by atoms with E-state index in [4.69, 9.17) is 11.6 Å². The van der Waals surface area contributed by atoms with Crippen LogP contribution in [0.25, 0.3) is 0 Å². The minimum atomic E-state index is -5.71. The SMILES string of the molecule is C=C1/C=C(Cl)\C(OS(=O)(=O)C(F)(F)F)=C/CCCC1. The molecule has 1 aliphatic carbocycles. The topological polar surface area (TPSA) is 43.4 Å². The van der Waals surface area contributed by atoms with Gasteiger partial charge in [0, 0.05) is 0 Å². The highest BCUT2D eigenvalue weighted by Gasteiger charge is 2.49. The fraction of sp³-hybridized carbons (Fsp3) is 0.455. The lowest BCUT2D eigenvalue weighted by Gasteiger charge is -2.11. The molecular weight excluding hydrogens is 305 g/mol. The summed E-state index contributed by atoms with van der Waals surface area (Å²) in [6.45, 7) is 3.67. The molecule has 0 spiro atoms. The maximum Gasteiger partial charge on any atom is 0.534 e. The zero-order valence-corrected chi connectivity index (χ0v) is 11.4. The summed E-state index contributed by atoms with van der Waals surface area (Å²) in [7, 11) is -5.71. The smallest absolute Gasteiger partial charge is 0.375 e. The second-order valence-electron chi connectivity index (χ2n) is 3.95. The third kappa shape index (κ3) is 4.58. The van der Waals surface area contributed by atoms with E-state index >= 15 is 0 Å². The van der Waals surface area contributed by atoms with Gasteiger partial charge in [0.2, 0.25) is 0 Å². The highest BCUT2D eigenvalue weighted by atomic mass is 35.5. The van der Waals surface area contributed by atoms with Crippen molar-refractivity contribution in [2.75, 3.05) is 0 Å². The zero-order valence-electron chi connectivity index (χ0n) is 9.84. The van der Waals surface area contributed by atoms with Crippen LogP contribution < -0.4 is 0 Å². The van der Waals surface area contributed by atoms with E-state index in [0.717, 1.165) is 6.42 Å². The van der Waals surface area contributed by atoms with E-state index in [1.165, 1.54) is 12.2 Å². The number of rotatable bonds is 2. The molecule has 1 rings (SSSR count). The summed E-state index contributed by atoms with van der Waals surface area (Å²) in [4.78, 5) is 0. The van der Waals surface area contributed by atoms with Gasteiger partial charge in [0.1, 0.15) is 0 Å². The normalized spacial score (nSPS) is 24.3. The molecule has 0 saturated carbocycles. The molecule has 8 heteroatoms. The van der Waals surface area contributed by atoms with Crippen LogP contribution in [0.1, 0.15) is 25.7 Å². The average Bonchev–Trinajstić information content (AvgIpc) is 2.30. The lowest BCUT2D eigenvalue weighted by Crippen LogP contribution is -2.25. The molecule has 108 valence electrons. The second kappa shape index (κ2) is 6.00. The molecule has 19 heavy (non-hydrogen) atoms. The van der Waals surface area contributed by atoms with E-state index < -0.39 is 21.4 Å². The van der Waals surface area contributed by atoms with Crippen molar-refractivity contribution in [1.29, 1.82) is 0 Å². The Morgan fingerprint density at radius 1 is 1.32 bits per heavy atom. The van der Waals surface area contributed by atoms with Crippen LogP contribution in [-0.4, -0.2) is 13.9 Å². The highest BCUT2D eigenvalue weighted by molar-refractivity contribution is 7.87. The Morgan fingerprint density at radius 3 is 2.53 bits per heavy atom. The van der Waals surface area contributed by atoms with Crippen molar-refractivity contribution in [2.24, 2.45) is 0 Å². The van der Waals surface area contributed by atoms with Crippen LogP contribution in [0.5, 0.6) is 0 Å². The van der Waals surface area contributed by atoms with Gasteiger partial charge in [0.15, 0.2) is 5.76 Å². The third-order valence-electron chi connectivity index (χ3n) is 2.33. The van der Waals surface area contributed by atoms with Gasteiger partial charge in [-0.05, 0) is 37.8 Å². The minimum absolute atomic E-state index is 0.209. The fourth-order valence-corrected chi connectivity index (χ4v) is 2.19.